The first kappa shape index (κ1) is 13.3. The van der Waals surface area contributed by atoms with Crippen LogP contribution in [0.5, 0.6) is 0 Å². The van der Waals surface area contributed by atoms with Crippen LogP contribution in [0, 0.1) is 0 Å². The number of hydrogen-bond acceptors (Lipinski definition) is 3. The largest absolute Gasteiger partial charge is 0.312 e. The molecule has 0 atom stereocenters. The zero-order valence-corrected chi connectivity index (χ0v) is 12.0. The number of nitrogens with zero attached hydrogens (tertiary/aromatic N) is 2. The Morgan fingerprint density at radius 3 is 2.75 bits per heavy atom. The summed E-state index contributed by atoms with van der Waals surface area (Å²) in [4.78, 5) is 9.55. The molecule has 1 aliphatic heterocycles. The summed E-state index contributed by atoms with van der Waals surface area (Å²) in [6.45, 7) is 4.14. The quantitative estimate of drug-likeness (QED) is 0.924. The summed E-state index contributed by atoms with van der Waals surface area (Å²) < 4.78 is 0. The number of benzene rings is 1. The minimum Gasteiger partial charge on any atom is -0.312 e. The molecule has 1 aromatic heterocycles. The summed E-state index contributed by atoms with van der Waals surface area (Å²) in [5, 5.41) is 3.41. The molecule has 1 aromatic carbocycles. The first-order valence-electron chi connectivity index (χ1n) is 7.49. The van der Waals surface area contributed by atoms with Gasteiger partial charge in [0.25, 0.3) is 0 Å². The molecule has 104 valence electrons. The van der Waals surface area contributed by atoms with Gasteiger partial charge in [0.2, 0.25) is 0 Å². The molecule has 0 bridgehead atoms. The summed E-state index contributed by atoms with van der Waals surface area (Å²) >= 11 is 0. The van der Waals surface area contributed by atoms with Crippen LogP contribution in [0.4, 0.5) is 0 Å². The fourth-order valence-electron chi connectivity index (χ4n) is 2.77. The van der Waals surface area contributed by atoms with Gasteiger partial charge in [-0.1, -0.05) is 37.3 Å². The highest BCUT2D eigenvalue weighted by molar-refractivity contribution is 5.28. The van der Waals surface area contributed by atoms with Crippen molar-refractivity contribution in [1.29, 1.82) is 0 Å². The van der Waals surface area contributed by atoms with Crippen molar-refractivity contribution in [3.05, 3.63) is 58.7 Å². The molecule has 1 aliphatic rings. The molecule has 0 unspecified atom stereocenters. The van der Waals surface area contributed by atoms with Crippen LogP contribution in [0.15, 0.2) is 30.3 Å². The van der Waals surface area contributed by atoms with Crippen LogP contribution in [0.1, 0.15) is 35.3 Å². The Kier molecular flexibility index (Phi) is 4.07. The van der Waals surface area contributed by atoms with E-state index < -0.39 is 0 Å². The van der Waals surface area contributed by atoms with Gasteiger partial charge in [0.15, 0.2) is 0 Å². The topological polar surface area (TPSA) is 37.8 Å². The van der Waals surface area contributed by atoms with Gasteiger partial charge in [-0.25, -0.2) is 9.97 Å². The molecule has 1 N–H and O–H groups in total. The summed E-state index contributed by atoms with van der Waals surface area (Å²) in [6.07, 6.45) is 3.97. The highest BCUT2D eigenvalue weighted by Crippen LogP contribution is 2.17. The average Bonchev–Trinajstić information content (AvgIpc) is 2.53. The maximum absolute atomic E-state index is 4.79. The van der Waals surface area contributed by atoms with Gasteiger partial charge in [0.1, 0.15) is 5.82 Å². The second-order valence-corrected chi connectivity index (χ2v) is 5.28. The molecule has 20 heavy (non-hydrogen) atoms. The third-order valence-corrected chi connectivity index (χ3v) is 3.88. The molecule has 0 aliphatic carbocycles. The van der Waals surface area contributed by atoms with E-state index in [2.05, 4.69) is 42.6 Å². The lowest BCUT2D eigenvalue weighted by Gasteiger charge is -2.19. The molecule has 2 heterocycles. The molecular weight excluding hydrogens is 246 g/mol. The lowest BCUT2D eigenvalue weighted by atomic mass is 10.0. The number of fused-ring (bicyclic) bond motifs is 1. The predicted octanol–water partition coefficient (Wildman–Crippen LogP) is 2.47. The molecule has 0 amide bonds. The van der Waals surface area contributed by atoms with Gasteiger partial charge < -0.3 is 5.32 Å². The normalized spacial score (nSPS) is 14.1. The zero-order chi connectivity index (χ0) is 13.8. The van der Waals surface area contributed by atoms with Crippen LogP contribution < -0.4 is 5.32 Å². The van der Waals surface area contributed by atoms with Gasteiger partial charge in [-0.2, -0.15) is 0 Å². The minimum atomic E-state index is 0.928. The van der Waals surface area contributed by atoms with Gasteiger partial charge in [-0.3, -0.25) is 0 Å². The molecule has 3 heteroatoms. The second-order valence-electron chi connectivity index (χ2n) is 5.28. The molecule has 0 radical (unpaired) electrons. The third-order valence-electron chi connectivity index (χ3n) is 3.88. The fourth-order valence-corrected chi connectivity index (χ4v) is 2.77. The van der Waals surface area contributed by atoms with Crippen molar-refractivity contribution in [1.82, 2.24) is 15.3 Å². The van der Waals surface area contributed by atoms with Crippen LogP contribution in [0.25, 0.3) is 0 Å². The first-order chi connectivity index (χ1) is 9.86. The van der Waals surface area contributed by atoms with Crippen molar-refractivity contribution in [3.63, 3.8) is 0 Å². The lowest BCUT2D eigenvalue weighted by Crippen LogP contribution is -2.27. The van der Waals surface area contributed by atoms with Crippen LogP contribution in [0.3, 0.4) is 0 Å². The summed E-state index contributed by atoms with van der Waals surface area (Å²) in [6, 6.07) is 10.6. The van der Waals surface area contributed by atoms with Crippen molar-refractivity contribution >= 4 is 0 Å². The number of rotatable bonds is 4. The van der Waals surface area contributed by atoms with Crippen molar-refractivity contribution in [2.24, 2.45) is 0 Å². The maximum Gasteiger partial charge on any atom is 0.129 e. The lowest BCUT2D eigenvalue weighted by molar-refractivity contribution is 0.609. The molecule has 0 spiro atoms. The first-order valence-corrected chi connectivity index (χ1v) is 7.49. The molecule has 0 fully saturated rings. The fraction of sp³-hybridized carbons (Fsp3) is 0.412. The van der Waals surface area contributed by atoms with E-state index in [0.717, 1.165) is 44.6 Å². The highest BCUT2D eigenvalue weighted by Gasteiger charge is 2.16. The van der Waals surface area contributed by atoms with Gasteiger partial charge in [-0.05, 0) is 18.4 Å². The van der Waals surface area contributed by atoms with E-state index >= 15 is 0 Å². The maximum atomic E-state index is 4.79. The molecular formula is C17H21N3. The standard InChI is InChI=1S/C17H21N3/c1-2-15-14-12-18-11-10-16(14)20-17(19-15)9-8-13-6-4-3-5-7-13/h3-7,18H,2,8-12H2,1H3. The van der Waals surface area contributed by atoms with Crippen LogP contribution in [-0.2, 0) is 32.2 Å². The molecule has 3 rings (SSSR count). The van der Waals surface area contributed by atoms with E-state index in [9.17, 15) is 0 Å². The molecule has 2 aromatic rings. The highest BCUT2D eigenvalue weighted by atomic mass is 14.9. The number of aryl methyl sites for hydroxylation is 3. The summed E-state index contributed by atoms with van der Waals surface area (Å²) in [5.41, 5.74) is 5.18. The summed E-state index contributed by atoms with van der Waals surface area (Å²) in [5.74, 6) is 1.01. The number of nitrogens with one attached hydrogen (secondary N) is 1. The van der Waals surface area contributed by atoms with E-state index in [1.165, 1.54) is 22.5 Å². The van der Waals surface area contributed by atoms with E-state index in [1.54, 1.807) is 0 Å². The molecule has 3 nitrogen and oxygen atoms in total. The Morgan fingerprint density at radius 1 is 1.10 bits per heavy atom. The van der Waals surface area contributed by atoms with Gasteiger partial charge in [-0.15, -0.1) is 0 Å². The van der Waals surface area contributed by atoms with E-state index in [4.69, 9.17) is 9.97 Å². The smallest absolute Gasteiger partial charge is 0.129 e. The Hall–Kier alpha value is -1.74. The van der Waals surface area contributed by atoms with Crippen LogP contribution in [-0.4, -0.2) is 16.5 Å². The average molecular weight is 267 g/mol. The van der Waals surface area contributed by atoms with Crippen LogP contribution >= 0.6 is 0 Å². The number of hydrogen-bond donors (Lipinski definition) is 1. The SMILES string of the molecule is CCc1nc(CCc2ccccc2)nc2c1CNCC2. The second kappa shape index (κ2) is 6.14. The van der Waals surface area contributed by atoms with E-state index in [0.29, 0.717) is 0 Å². The number of aromatic nitrogens is 2. The Morgan fingerprint density at radius 2 is 1.95 bits per heavy atom. The van der Waals surface area contributed by atoms with E-state index in [1.807, 2.05) is 0 Å². The minimum absolute atomic E-state index is 0.928. The molecule has 0 saturated heterocycles. The van der Waals surface area contributed by atoms with Crippen molar-refractivity contribution in [2.75, 3.05) is 6.54 Å². The predicted molar refractivity (Wildman–Crippen MR) is 80.7 cm³/mol. The van der Waals surface area contributed by atoms with Crippen molar-refractivity contribution in [3.8, 4) is 0 Å². The van der Waals surface area contributed by atoms with E-state index in [-0.39, 0.29) is 0 Å². The van der Waals surface area contributed by atoms with Gasteiger partial charge in [0.05, 0.1) is 5.69 Å². The Labute approximate surface area is 120 Å². The molecule has 0 saturated carbocycles. The van der Waals surface area contributed by atoms with Gasteiger partial charge in [0, 0.05) is 37.2 Å². The van der Waals surface area contributed by atoms with Crippen molar-refractivity contribution < 1.29 is 0 Å². The van der Waals surface area contributed by atoms with Crippen LogP contribution in [0.2, 0.25) is 0 Å². The monoisotopic (exact) mass is 267 g/mol. The van der Waals surface area contributed by atoms with Crippen molar-refractivity contribution in [2.45, 2.75) is 39.2 Å². The Bertz CT molecular complexity index is 561. The zero-order valence-electron chi connectivity index (χ0n) is 12.0. The Balaban J connectivity index is 1.79. The summed E-state index contributed by atoms with van der Waals surface area (Å²) in [7, 11) is 0. The van der Waals surface area contributed by atoms with Gasteiger partial charge >= 0.3 is 0 Å². The third kappa shape index (κ3) is 2.88.